The van der Waals surface area contributed by atoms with Gasteiger partial charge in [-0.2, -0.15) is 0 Å². The number of aliphatic hydroxyl groups is 1. The van der Waals surface area contributed by atoms with Crippen LogP contribution in [0.15, 0.2) is 12.1 Å². The fourth-order valence-electron chi connectivity index (χ4n) is 1.07. The fraction of sp³-hybridized carbons (Fsp3) is 0.125. The normalized spacial score (nSPS) is 9.93. The molecule has 0 unspecified atom stereocenters. The number of phenols is 1. The van der Waals surface area contributed by atoms with Gasteiger partial charge in [-0.25, -0.2) is 4.79 Å². The summed E-state index contributed by atoms with van der Waals surface area (Å²) in [7, 11) is 0. The minimum absolute atomic E-state index is 0.0910. The van der Waals surface area contributed by atoms with Crippen LogP contribution in [0.3, 0.4) is 0 Å². The van der Waals surface area contributed by atoms with E-state index in [4.69, 9.17) is 10.2 Å². The number of aromatic hydroxyl groups is 1. The molecule has 0 radical (unpaired) electrons. The Morgan fingerprint density at radius 2 is 2.07 bits per heavy atom. The van der Waals surface area contributed by atoms with E-state index in [1.807, 2.05) is 0 Å². The number of nitro groups is 1. The number of benzene rings is 1. The minimum Gasteiger partial charge on any atom is -0.508 e. The van der Waals surface area contributed by atoms with Gasteiger partial charge in [0.05, 0.1) is 11.5 Å². The second-order valence-electron chi connectivity index (χ2n) is 2.72. The molecule has 0 bridgehead atoms. The Bertz CT molecular complexity index is 427. The second-order valence-corrected chi connectivity index (χ2v) is 2.72. The van der Waals surface area contributed by atoms with Gasteiger partial charge in [0.25, 0.3) is 5.69 Å². The zero-order valence-electron chi connectivity index (χ0n) is 7.38. The van der Waals surface area contributed by atoms with E-state index in [0.717, 1.165) is 12.1 Å². The van der Waals surface area contributed by atoms with Crippen molar-refractivity contribution in [3.8, 4) is 5.75 Å². The van der Waals surface area contributed by atoms with Crippen molar-refractivity contribution in [1.29, 1.82) is 0 Å². The van der Waals surface area contributed by atoms with Crippen LogP contribution in [0.2, 0.25) is 0 Å². The van der Waals surface area contributed by atoms with Crippen molar-refractivity contribution in [3.63, 3.8) is 0 Å². The molecule has 0 heterocycles. The molecule has 0 saturated carbocycles. The van der Waals surface area contributed by atoms with E-state index < -0.39 is 34.5 Å². The van der Waals surface area contributed by atoms with Crippen molar-refractivity contribution < 1.29 is 25.0 Å². The second kappa shape index (κ2) is 3.93. The van der Waals surface area contributed by atoms with Crippen molar-refractivity contribution in [2.24, 2.45) is 0 Å². The lowest BCUT2D eigenvalue weighted by atomic mass is 10.1. The van der Waals surface area contributed by atoms with Crippen molar-refractivity contribution in [2.45, 2.75) is 6.61 Å². The molecule has 0 spiro atoms. The number of rotatable bonds is 3. The van der Waals surface area contributed by atoms with Gasteiger partial charge < -0.3 is 15.3 Å². The molecule has 0 aromatic heterocycles. The highest BCUT2D eigenvalue weighted by molar-refractivity contribution is 5.93. The molecule has 0 amide bonds. The molecule has 1 aromatic rings. The van der Waals surface area contributed by atoms with E-state index in [-0.39, 0.29) is 5.56 Å². The van der Waals surface area contributed by atoms with Crippen molar-refractivity contribution in [1.82, 2.24) is 0 Å². The highest BCUT2D eigenvalue weighted by atomic mass is 16.6. The van der Waals surface area contributed by atoms with E-state index in [0.29, 0.717) is 0 Å². The van der Waals surface area contributed by atoms with Gasteiger partial charge in [-0.1, -0.05) is 0 Å². The Morgan fingerprint density at radius 3 is 2.47 bits per heavy atom. The third-order valence-corrected chi connectivity index (χ3v) is 1.79. The Morgan fingerprint density at radius 1 is 1.47 bits per heavy atom. The quantitative estimate of drug-likeness (QED) is 0.496. The number of aliphatic hydroxyl groups excluding tert-OH is 1. The van der Waals surface area contributed by atoms with Crippen LogP contribution in [-0.2, 0) is 6.61 Å². The van der Waals surface area contributed by atoms with Gasteiger partial charge >= 0.3 is 5.97 Å². The summed E-state index contributed by atoms with van der Waals surface area (Å²) in [5, 5.41) is 37.0. The maximum atomic E-state index is 10.6. The molecule has 0 atom stereocenters. The first-order valence-corrected chi connectivity index (χ1v) is 3.81. The summed E-state index contributed by atoms with van der Waals surface area (Å²) in [5.41, 5.74) is -1.37. The number of aromatic carboxylic acids is 1. The number of nitrogens with zero attached hydrogens (tertiary/aromatic N) is 1. The van der Waals surface area contributed by atoms with Gasteiger partial charge in [-0.05, 0) is 0 Å². The first-order chi connectivity index (χ1) is 6.97. The molecule has 3 N–H and O–H groups in total. The Kier molecular flexibility index (Phi) is 2.86. The van der Waals surface area contributed by atoms with E-state index >= 15 is 0 Å². The number of carbonyl (C=O) groups is 1. The van der Waals surface area contributed by atoms with E-state index in [1.165, 1.54) is 0 Å². The van der Waals surface area contributed by atoms with Crippen LogP contribution in [0, 0.1) is 10.1 Å². The van der Waals surface area contributed by atoms with E-state index in [2.05, 4.69) is 0 Å². The number of carboxylic acid groups (broad SMARTS) is 1. The summed E-state index contributed by atoms with van der Waals surface area (Å²) in [5.74, 6) is -2.00. The molecule has 0 fully saturated rings. The summed E-state index contributed by atoms with van der Waals surface area (Å²) >= 11 is 0. The predicted molar refractivity (Wildman–Crippen MR) is 47.6 cm³/mol. The molecule has 7 heteroatoms. The maximum absolute atomic E-state index is 10.6. The van der Waals surface area contributed by atoms with Gasteiger partial charge in [0, 0.05) is 17.7 Å². The van der Waals surface area contributed by atoms with Crippen LogP contribution in [0.5, 0.6) is 5.75 Å². The van der Waals surface area contributed by atoms with Gasteiger partial charge in [0.1, 0.15) is 11.3 Å². The van der Waals surface area contributed by atoms with Gasteiger partial charge in [-0.15, -0.1) is 0 Å². The lowest BCUT2D eigenvalue weighted by Crippen LogP contribution is -2.03. The first kappa shape index (κ1) is 10.9. The zero-order valence-corrected chi connectivity index (χ0v) is 7.38. The third kappa shape index (κ3) is 2.02. The van der Waals surface area contributed by atoms with Crippen LogP contribution in [0.25, 0.3) is 0 Å². The zero-order chi connectivity index (χ0) is 11.6. The van der Waals surface area contributed by atoms with Crippen LogP contribution in [0.4, 0.5) is 5.69 Å². The SMILES string of the molecule is O=C(O)c1cc(O)c(CO)cc1[N+](=O)[O-]. The van der Waals surface area contributed by atoms with Gasteiger partial charge in [0.2, 0.25) is 0 Å². The highest BCUT2D eigenvalue weighted by Gasteiger charge is 2.22. The molecule has 1 aromatic carbocycles. The van der Waals surface area contributed by atoms with Gasteiger partial charge in [0.15, 0.2) is 0 Å². The summed E-state index contributed by atoms with van der Waals surface area (Å²) in [6.45, 7) is -0.605. The predicted octanol–water partition coefficient (Wildman–Crippen LogP) is 0.491. The topological polar surface area (TPSA) is 121 Å². The minimum atomic E-state index is -1.51. The standard InChI is InChI=1S/C8H7NO6/c10-3-4-1-6(9(14)15)5(8(12)13)2-7(4)11/h1-2,10-11H,3H2,(H,12,13). The number of carboxylic acids is 1. The van der Waals surface area contributed by atoms with Crippen molar-refractivity contribution >= 4 is 11.7 Å². The smallest absolute Gasteiger partial charge is 0.342 e. The monoisotopic (exact) mass is 213 g/mol. The van der Waals surface area contributed by atoms with E-state index in [9.17, 15) is 20.0 Å². The van der Waals surface area contributed by atoms with Crippen molar-refractivity contribution in [2.75, 3.05) is 0 Å². The molecule has 0 aliphatic heterocycles. The summed E-state index contributed by atoms with van der Waals surface area (Å²) in [6.07, 6.45) is 0. The average molecular weight is 213 g/mol. The Balaban J connectivity index is 3.45. The molecule has 0 aliphatic rings. The van der Waals surface area contributed by atoms with Crippen LogP contribution in [0.1, 0.15) is 15.9 Å². The molecule has 0 saturated heterocycles. The molecular formula is C8H7NO6. The number of nitro benzene ring substituents is 1. The number of hydrogen-bond acceptors (Lipinski definition) is 5. The average Bonchev–Trinajstić information content (AvgIpc) is 2.16. The molecule has 1 rings (SSSR count). The van der Waals surface area contributed by atoms with Crippen LogP contribution in [-0.4, -0.2) is 26.2 Å². The Labute approximate surface area is 83.4 Å². The lowest BCUT2D eigenvalue weighted by molar-refractivity contribution is -0.385. The molecule has 7 nitrogen and oxygen atoms in total. The first-order valence-electron chi connectivity index (χ1n) is 3.81. The summed E-state index contributed by atoms with van der Waals surface area (Å²) in [4.78, 5) is 20.2. The third-order valence-electron chi connectivity index (χ3n) is 1.79. The summed E-state index contributed by atoms with van der Waals surface area (Å²) < 4.78 is 0. The van der Waals surface area contributed by atoms with Crippen LogP contribution < -0.4 is 0 Å². The molecule has 0 aliphatic carbocycles. The fourth-order valence-corrected chi connectivity index (χ4v) is 1.07. The molecular weight excluding hydrogens is 206 g/mol. The highest BCUT2D eigenvalue weighted by Crippen LogP contribution is 2.27. The summed E-state index contributed by atoms with van der Waals surface area (Å²) in [6, 6.07) is 1.57. The van der Waals surface area contributed by atoms with Crippen molar-refractivity contribution in [3.05, 3.63) is 33.4 Å². The maximum Gasteiger partial charge on any atom is 0.342 e. The Hall–Kier alpha value is -2.15. The molecule has 15 heavy (non-hydrogen) atoms. The van der Waals surface area contributed by atoms with Gasteiger partial charge in [-0.3, -0.25) is 10.1 Å². The number of hydrogen-bond donors (Lipinski definition) is 3. The lowest BCUT2D eigenvalue weighted by Gasteiger charge is -2.03. The molecule has 80 valence electrons. The van der Waals surface area contributed by atoms with Crippen LogP contribution >= 0.6 is 0 Å². The van der Waals surface area contributed by atoms with E-state index in [1.54, 1.807) is 0 Å². The largest absolute Gasteiger partial charge is 0.508 e.